The van der Waals surface area contributed by atoms with E-state index in [2.05, 4.69) is 0 Å². The van der Waals surface area contributed by atoms with Crippen molar-refractivity contribution in [3.63, 3.8) is 0 Å². The molecule has 1 radical (unpaired) electrons. The highest BCUT2D eigenvalue weighted by Gasteiger charge is 2.29. The maximum atomic E-state index is 12.2. The van der Waals surface area contributed by atoms with Gasteiger partial charge in [0.2, 0.25) is 0 Å². The van der Waals surface area contributed by atoms with Gasteiger partial charge in [0, 0.05) is 16.9 Å². The first-order chi connectivity index (χ1) is 10.9. The molecular weight excluding hydrogens is 330 g/mol. The van der Waals surface area contributed by atoms with Crippen molar-refractivity contribution in [2.45, 2.75) is 46.8 Å². The smallest absolute Gasteiger partial charge is 0.316 e. The van der Waals surface area contributed by atoms with Gasteiger partial charge in [-0.2, -0.15) is 0 Å². The van der Waals surface area contributed by atoms with Gasteiger partial charge < -0.3 is 9.47 Å². The van der Waals surface area contributed by atoms with Crippen molar-refractivity contribution < 1.29 is 23.9 Å². The molecule has 0 amide bonds. The molecule has 0 unspecified atom stereocenters. The van der Waals surface area contributed by atoms with E-state index >= 15 is 0 Å². The number of esters is 2. The second kappa shape index (κ2) is 7.39. The maximum absolute atomic E-state index is 12.2. The standard InChI is InChI=1S/C17H21BClO5/c1-16(2,3)14(21)23-11-7-10(13(19)20)8-12(9-11)24-15(22)17(4,5)18-6/h7-9H,1-6H3. The van der Waals surface area contributed by atoms with Crippen LogP contribution in [0.15, 0.2) is 18.2 Å². The van der Waals surface area contributed by atoms with Crippen LogP contribution in [0.1, 0.15) is 45.0 Å². The van der Waals surface area contributed by atoms with E-state index in [1.807, 2.05) is 0 Å². The summed E-state index contributed by atoms with van der Waals surface area (Å²) in [5.74, 6) is -0.820. The monoisotopic (exact) mass is 351 g/mol. The van der Waals surface area contributed by atoms with Gasteiger partial charge in [0.25, 0.3) is 5.24 Å². The average molecular weight is 352 g/mol. The molecule has 0 aromatic heterocycles. The first kappa shape index (κ1) is 20.2. The second-order valence-electron chi connectivity index (χ2n) is 7.01. The Hall–Kier alpha value is -1.82. The minimum absolute atomic E-state index is 0.0666. The molecule has 0 spiro atoms. The Morgan fingerprint density at radius 3 is 1.75 bits per heavy atom. The summed E-state index contributed by atoms with van der Waals surface area (Å²) in [6, 6.07) is 4.03. The molecule has 5 nitrogen and oxygen atoms in total. The third kappa shape index (κ3) is 5.37. The van der Waals surface area contributed by atoms with E-state index in [1.165, 1.54) is 18.2 Å². The molecule has 24 heavy (non-hydrogen) atoms. The minimum Gasteiger partial charge on any atom is -0.427 e. The highest BCUT2D eigenvalue weighted by atomic mass is 35.5. The predicted octanol–water partition coefficient (Wildman–Crippen LogP) is 3.87. The number of benzene rings is 1. The largest absolute Gasteiger partial charge is 0.427 e. The third-order valence-corrected chi connectivity index (χ3v) is 3.61. The van der Waals surface area contributed by atoms with Crippen molar-refractivity contribution in [3.8, 4) is 11.5 Å². The summed E-state index contributed by atoms with van der Waals surface area (Å²) in [4.78, 5) is 35.6. The van der Waals surface area contributed by atoms with Crippen LogP contribution in [0, 0.1) is 5.41 Å². The summed E-state index contributed by atoms with van der Waals surface area (Å²) < 4.78 is 10.6. The number of halogens is 1. The van der Waals surface area contributed by atoms with Crippen molar-refractivity contribution in [1.29, 1.82) is 0 Å². The fourth-order valence-electron chi connectivity index (χ4n) is 1.42. The summed E-state index contributed by atoms with van der Waals surface area (Å²) in [5, 5.41) is -1.55. The average Bonchev–Trinajstić information content (AvgIpc) is 2.45. The lowest BCUT2D eigenvalue weighted by Gasteiger charge is -2.20. The summed E-state index contributed by atoms with van der Waals surface area (Å²) in [6.45, 7) is 10.3. The molecule has 0 bridgehead atoms. The molecule has 7 heteroatoms. The number of ether oxygens (including phenoxy) is 2. The van der Waals surface area contributed by atoms with Crippen LogP contribution >= 0.6 is 11.6 Å². The van der Waals surface area contributed by atoms with Gasteiger partial charge in [-0.1, -0.05) is 20.7 Å². The summed E-state index contributed by atoms with van der Waals surface area (Å²) in [7, 11) is 1.70. The van der Waals surface area contributed by atoms with E-state index in [0.29, 0.717) is 0 Å². The van der Waals surface area contributed by atoms with E-state index in [0.717, 1.165) is 0 Å². The highest BCUT2D eigenvalue weighted by Crippen LogP contribution is 2.30. The van der Waals surface area contributed by atoms with Crippen molar-refractivity contribution in [2.75, 3.05) is 0 Å². The Balaban J connectivity index is 3.16. The van der Waals surface area contributed by atoms with Gasteiger partial charge in [0.15, 0.2) is 0 Å². The van der Waals surface area contributed by atoms with Crippen LogP contribution in [0.5, 0.6) is 11.5 Å². The lowest BCUT2D eigenvalue weighted by atomic mass is 9.56. The molecule has 0 atom stereocenters. The molecule has 0 N–H and O–H groups in total. The van der Waals surface area contributed by atoms with E-state index in [4.69, 9.17) is 21.1 Å². The van der Waals surface area contributed by atoms with Gasteiger partial charge in [-0.25, -0.2) is 0 Å². The molecule has 0 aliphatic heterocycles. The lowest BCUT2D eigenvalue weighted by Crippen LogP contribution is -2.27. The normalized spacial score (nSPS) is 11.6. The van der Waals surface area contributed by atoms with Crippen LogP contribution in [0.2, 0.25) is 12.1 Å². The van der Waals surface area contributed by atoms with Crippen molar-refractivity contribution in [3.05, 3.63) is 23.8 Å². The molecule has 0 heterocycles. The maximum Gasteiger partial charge on any atom is 0.316 e. The topological polar surface area (TPSA) is 69.7 Å². The van der Waals surface area contributed by atoms with Crippen LogP contribution < -0.4 is 9.47 Å². The van der Waals surface area contributed by atoms with E-state index in [9.17, 15) is 14.4 Å². The second-order valence-corrected chi connectivity index (χ2v) is 7.35. The van der Waals surface area contributed by atoms with Crippen molar-refractivity contribution in [1.82, 2.24) is 0 Å². The fourth-order valence-corrected chi connectivity index (χ4v) is 1.53. The molecule has 0 aliphatic rings. The lowest BCUT2D eigenvalue weighted by molar-refractivity contribution is -0.143. The van der Waals surface area contributed by atoms with Gasteiger partial charge in [0.05, 0.1) is 5.41 Å². The van der Waals surface area contributed by atoms with Crippen LogP contribution in [0.25, 0.3) is 0 Å². The van der Waals surface area contributed by atoms with Crippen LogP contribution in [0.3, 0.4) is 0 Å². The number of hydrogen-bond donors (Lipinski definition) is 0. The Morgan fingerprint density at radius 1 is 0.917 bits per heavy atom. The summed E-state index contributed by atoms with van der Waals surface area (Å²) in [6.07, 6.45) is 0. The molecule has 0 saturated heterocycles. The molecule has 1 aromatic carbocycles. The molecule has 1 aromatic rings. The molecule has 0 saturated carbocycles. The zero-order valence-corrected chi connectivity index (χ0v) is 15.5. The number of rotatable bonds is 5. The van der Waals surface area contributed by atoms with Crippen molar-refractivity contribution >= 4 is 36.1 Å². The van der Waals surface area contributed by atoms with Gasteiger partial charge >= 0.3 is 11.9 Å². The zero-order valence-electron chi connectivity index (χ0n) is 14.7. The van der Waals surface area contributed by atoms with Gasteiger partial charge in [0.1, 0.15) is 18.8 Å². The SMILES string of the molecule is C[B]C(C)(C)C(=O)Oc1cc(OC(=O)C(C)(C)C)cc(C(=O)Cl)c1. The highest BCUT2D eigenvalue weighted by molar-refractivity contribution is 6.67. The number of hydrogen-bond acceptors (Lipinski definition) is 5. The molecule has 0 aliphatic carbocycles. The number of carbonyl (C=O) groups is 3. The van der Waals surface area contributed by atoms with Crippen LogP contribution in [0.4, 0.5) is 0 Å². The third-order valence-electron chi connectivity index (χ3n) is 3.39. The molecule has 129 valence electrons. The molecular formula is C17H21BClO5. The minimum atomic E-state index is -0.802. The Morgan fingerprint density at radius 2 is 1.38 bits per heavy atom. The van der Waals surface area contributed by atoms with E-state index in [1.54, 1.807) is 48.7 Å². The van der Waals surface area contributed by atoms with Crippen LogP contribution in [-0.2, 0) is 9.59 Å². The predicted molar refractivity (Wildman–Crippen MR) is 93.0 cm³/mol. The van der Waals surface area contributed by atoms with Crippen molar-refractivity contribution in [2.24, 2.45) is 5.41 Å². The fraction of sp³-hybridized carbons (Fsp3) is 0.471. The molecule has 1 rings (SSSR count). The Labute approximate surface area is 147 Å². The van der Waals surface area contributed by atoms with Gasteiger partial charge in [-0.05, 0) is 44.5 Å². The van der Waals surface area contributed by atoms with E-state index in [-0.39, 0.29) is 17.1 Å². The van der Waals surface area contributed by atoms with Gasteiger partial charge in [-0.3, -0.25) is 14.4 Å². The summed E-state index contributed by atoms with van der Waals surface area (Å²) >= 11 is 5.50. The van der Waals surface area contributed by atoms with E-state index < -0.39 is 27.9 Å². The van der Waals surface area contributed by atoms with Crippen LogP contribution in [-0.4, -0.2) is 24.5 Å². The first-order valence-electron chi connectivity index (χ1n) is 7.47. The Kier molecular flexibility index (Phi) is 6.23. The zero-order chi connectivity index (χ0) is 18.7. The first-order valence-corrected chi connectivity index (χ1v) is 7.84. The number of carbonyl (C=O) groups excluding carboxylic acids is 3. The quantitative estimate of drug-likeness (QED) is 0.348. The van der Waals surface area contributed by atoms with Gasteiger partial charge in [-0.15, -0.1) is 0 Å². The molecule has 0 fully saturated rings. The Bertz CT molecular complexity index is 661. The summed E-state index contributed by atoms with van der Waals surface area (Å²) in [5.41, 5.74) is -0.659.